The van der Waals surface area contributed by atoms with E-state index in [-0.39, 0.29) is 5.91 Å². The largest absolute Gasteiger partial charge is 0.346 e. The van der Waals surface area contributed by atoms with Crippen molar-refractivity contribution in [3.63, 3.8) is 0 Å². The van der Waals surface area contributed by atoms with Crippen molar-refractivity contribution in [3.05, 3.63) is 34.1 Å². The number of aromatic amines is 1. The monoisotopic (exact) mass is 248 g/mol. The molecule has 3 rings (SSSR count). The fourth-order valence-electron chi connectivity index (χ4n) is 2.12. The number of hydrogen-bond donors (Lipinski definition) is 2. The van der Waals surface area contributed by atoms with Crippen LogP contribution >= 0.6 is 11.5 Å². The standard InChI is InChI=1S/C11H12N4OS/c16-11(7-4-13-17-6-7)12-5-10-8-2-1-3-9(8)14-15-10/h4,6H,1-3,5H2,(H,12,16)(H,14,15). The Labute approximate surface area is 102 Å². The molecule has 1 amide bonds. The van der Waals surface area contributed by atoms with Crippen molar-refractivity contribution in [2.45, 2.75) is 25.8 Å². The predicted octanol–water partition coefficient (Wildman–Crippen LogP) is 1.28. The van der Waals surface area contributed by atoms with Crippen molar-refractivity contribution in [1.29, 1.82) is 0 Å². The van der Waals surface area contributed by atoms with Gasteiger partial charge in [0, 0.05) is 11.1 Å². The number of carbonyl (C=O) groups is 1. The molecule has 0 aromatic carbocycles. The summed E-state index contributed by atoms with van der Waals surface area (Å²) in [5, 5.41) is 11.9. The summed E-state index contributed by atoms with van der Waals surface area (Å²) in [5.41, 5.74) is 4.09. The third-order valence-electron chi connectivity index (χ3n) is 3.00. The van der Waals surface area contributed by atoms with Gasteiger partial charge in [-0.05, 0) is 36.4 Å². The molecule has 0 bridgehead atoms. The number of nitrogens with one attached hydrogen (secondary N) is 2. The molecule has 0 radical (unpaired) electrons. The molecule has 1 aliphatic carbocycles. The van der Waals surface area contributed by atoms with Crippen LogP contribution < -0.4 is 5.32 Å². The summed E-state index contributed by atoms with van der Waals surface area (Å²) in [6.07, 6.45) is 4.90. The van der Waals surface area contributed by atoms with E-state index >= 15 is 0 Å². The van der Waals surface area contributed by atoms with Gasteiger partial charge in [-0.1, -0.05) is 0 Å². The van der Waals surface area contributed by atoms with Crippen LogP contribution in [0.3, 0.4) is 0 Å². The van der Waals surface area contributed by atoms with Gasteiger partial charge in [0.2, 0.25) is 0 Å². The zero-order chi connectivity index (χ0) is 11.7. The molecule has 0 unspecified atom stereocenters. The van der Waals surface area contributed by atoms with Gasteiger partial charge in [0.25, 0.3) is 5.91 Å². The highest BCUT2D eigenvalue weighted by atomic mass is 32.1. The van der Waals surface area contributed by atoms with Gasteiger partial charge < -0.3 is 5.32 Å². The molecule has 2 N–H and O–H groups in total. The topological polar surface area (TPSA) is 70.7 Å². The number of amides is 1. The maximum absolute atomic E-state index is 11.7. The molecule has 2 aromatic rings. The first-order valence-corrected chi connectivity index (χ1v) is 6.41. The maximum Gasteiger partial charge on any atom is 0.254 e. The van der Waals surface area contributed by atoms with Crippen LogP contribution in [0.25, 0.3) is 0 Å². The van der Waals surface area contributed by atoms with Crippen LogP contribution in [0.2, 0.25) is 0 Å². The number of aromatic nitrogens is 3. The smallest absolute Gasteiger partial charge is 0.254 e. The van der Waals surface area contributed by atoms with Crippen LogP contribution in [0.5, 0.6) is 0 Å². The molecule has 0 atom stereocenters. The molecule has 2 aromatic heterocycles. The van der Waals surface area contributed by atoms with Gasteiger partial charge in [0.15, 0.2) is 0 Å². The summed E-state index contributed by atoms with van der Waals surface area (Å²) >= 11 is 1.28. The summed E-state index contributed by atoms with van der Waals surface area (Å²) in [6.45, 7) is 0.487. The van der Waals surface area contributed by atoms with Crippen molar-refractivity contribution in [2.75, 3.05) is 0 Å². The molecule has 0 aliphatic heterocycles. The number of fused-ring (bicyclic) bond motifs is 1. The number of nitrogens with zero attached hydrogens (tertiary/aromatic N) is 2. The SMILES string of the molecule is O=C(NCc1n[nH]c2c1CCC2)c1cnsc1. The molecule has 2 heterocycles. The molecule has 88 valence electrons. The summed E-state index contributed by atoms with van der Waals surface area (Å²) in [6, 6.07) is 0. The Bertz CT molecular complexity index is 532. The fraction of sp³-hybridized carbons (Fsp3) is 0.364. The van der Waals surface area contributed by atoms with E-state index < -0.39 is 0 Å². The lowest BCUT2D eigenvalue weighted by molar-refractivity contribution is 0.0950. The molecular formula is C11H12N4OS. The van der Waals surface area contributed by atoms with E-state index in [0.29, 0.717) is 12.1 Å². The Hall–Kier alpha value is -1.69. The highest BCUT2D eigenvalue weighted by molar-refractivity contribution is 7.03. The molecule has 5 nitrogen and oxygen atoms in total. The first-order chi connectivity index (χ1) is 8.34. The quantitative estimate of drug-likeness (QED) is 0.859. The van der Waals surface area contributed by atoms with Crippen LogP contribution in [0, 0.1) is 0 Å². The lowest BCUT2D eigenvalue weighted by Gasteiger charge is -2.02. The zero-order valence-electron chi connectivity index (χ0n) is 9.19. The second kappa shape index (κ2) is 4.29. The second-order valence-electron chi connectivity index (χ2n) is 4.08. The van der Waals surface area contributed by atoms with Crippen molar-refractivity contribution in [3.8, 4) is 0 Å². The third kappa shape index (κ3) is 1.95. The van der Waals surface area contributed by atoms with E-state index in [4.69, 9.17) is 0 Å². The van der Waals surface area contributed by atoms with Gasteiger partial charge in [-0.3, -0.25) is 9.89 Å². The van der Waals surface area contributed by atoms with E-state index in [1.54, 1.807) is 11.6 Å². The molecule has 17 heavy (non-hydrogen) atoms. The Morgan fingerprint density at radius 3 is 3.29 bits per heavy atom. The predicted molar refractivity (Wildman–Crippen MR) is 63.9 cm³/mol. The second-order valence-corrected chi connectivity index (χ2v) is 4.73. The number of carbonyl (C=O) groups excluding carboxylic acids is 1. The van der Waals surface area contributed by atoms with Gasteiger partial charge in [0.05, 0.1) is 24.0 Å². The number of hydrogen-bond acceptors (Lipinski definition) is 4. The third-order valence-corrected chi connectivity index (χ3v) is 3.59. The highest BCUT2D eigenvalue weighted by Crippen LogP contribution is 2.22. The van der Waals surface area contributed by atoms with Gasteiger partial charge in [-0.15, -0.1) is 0 Å². The van der Waals surface area contributed by atoms with Gasteiger partial charge in [0.1, 0.15) is 0 Å². The normalized spacial score (nSPS) is 13.6. The maximum atomic E-state index is 11.7. The van der Waals surface area contributed by atoms with E-state index in [1.165, 1.54) is 29.2 Å². The van der Waals surface area contributed by atoms with Crippen LogP contribution in [0.15, 0.2) is 11.6 Å². The summed E-state index contributed by atoms with van der Waals surface area (Å²) in [4.78, 5) is 11.7. The van der Waals surface area contributed by atoms with Crippen molar-refractivity contribution in [2.24, 2.45) is 0 Å². The van der Waals surface area contributed by atoms with E-state index in [9.17, 15) is 4.79 Å². The first-order valence-electron chi connectivity index (χ1n) is 5.57. The Morgan fingerprint density at radius 2 is 2.47 bits per heavy atom. The summed E-state index contributed by atoms with van der Waals surface area (Å²) < 4.78 is 3.91. The average molecular weight is 248 g/mol. The van der Waals surface area contributed by atoms with E-state index in [2.05, 4.69) is 19.9 Å². The van der Waals surface area contributed by atoms with Crippen LogP contribution in [0.1, 0.15) is 33.7 Å². The lowest BCUT2D eigenvalue weighted by Crippen LogP contribution is -2.23. The highest BCUT2D eigenvalue weighted by Gasteiger charge is 2.18. The van der Waals surface area contributed by atoms with Crippen LogP contribution in [-0.2, 0) is 19.4 Å². The van der Waals surface area contributed by atoms with Crippen LogP contribution in [0.4, 0.5) is 0 Å². The van der Waals surface area contributed by atoms with Gasteiger partial charge in [-0.2, -0.15) is 5.10 Å². The Kier molecular flexibility index (Phi) is 2.64. The Morgan fingerprint density at radius 1 is 1.53 bits per heavy atom. The van der Waals surface area contributed by atoms with Gasteiger partial charge >= 0.3 is 0 Å². The molecular weight excluding hydrogens is 236 g/mol. The fourth-order valence-corrected chi connectivity index (χ4v) is 2.63. The van der Waals surface area contributed by atoms with Crippen molar-refractivity contribution < 1.29 is 4.79 Å². The van der Waals surface area contributed by atoms with Gasteiger partial charge in [-0.25, -0.2) is 4.37 Å². The van der Waals surface area contributed by atoms with E-state index in [1.807, 2.05) is 0 Å². The number of H-pyrrole nitrogens is 1. The minimum atomic E-state index is -0.0894. The minimum Gasteiger partial charge on any atom is -0.346 e. The number of aryl methyl sites for hydroxylation is 1. The number of rotatable bonds is 3. The van der Waals surface area contributed by atoms with Crippen LogP contribution in [-0.4, -0.2) is 20.5 Å². The van der Waals surface area contributed by atoms with E-state index in [0.717, 1.165) is 18.5 Å². The molecule has 0 fully saturated rings. The zero-order valence-corrected chi connectivity index (χ0v) is 10.0. The van der Waals surface area contributed by atoms with Crippen molar-refractivity contribution >= 4 is 17.4 Å². The average Bonchev–Trinajstić information content (AvgIpc) is 3.03. The molecule has 0 spiro atoms. The molecule has 1 aliphatic rings. The molecule has 0 saturated carbocycles. The molecule has 6 heteroatoms. The summed E-state index contributed by atoms with van der Waals surface area (Å²) in [5.74, 6) is -0.0894. The summed E-state index contributed by atoms with van der Waals surface area (Å²) in [7, 11) is 0. The molecule has 0 saturated heterocycles. The van der Waals surface area contributed by atoms with Crippen molar-refractivity contribution in [1.82, 2.24) is 19.9 Å². The first kappa shape index (κ1) is 10.5. The Balaban J connectivity index is 1.66. The minimum absolute atomic E-state index is 0.0894. The lowest BCUT2D eigenvalue weighted by atomic mass is 10.2.